The Balaban J connectivity index is 3.15. The Morgan fingerprint density at radius 2 is 1.71 bits per heavy atom. The summed E-state index contributed by atoms with van der Waals surface area (Å²) in [4.78, 5) is -0.521. The van der Waals surface area contributed by atoms with Gasteiger partial charge in [0.1, 0.15) is 5.75 Å². The van der Waals surface area contributed by atoms with Gasteiger partial charge < -0.3 is 10.5 Å². The van der Waals surface area contributed by atoms with Crippen molar-refractivity contribution < 1.29 is 35.1 Å². The fraction of sp³-hybridized carbons (Fsp3) is 0.400. The molecule has 0 amide bonds. The van der Waals surface area contributed by atoms with E-state index in [1.165, 1.54) is 0 Å². The van der Waals surface area contributed by atoms with Gasteiger partial charge in [-0.2, -0.15) is 22.0 Å². The van der Waals surface area contributed by atoms with E-state index in [-0.39, 0.29) is 11.3 Å². The van der Waals surface area contributed by atoms with Crippen LogP contribution in [0.1, 0.15) is 5.56 Å². The molecule has 4 N–H and O–H groups in total. The summed E-state index contributed by atoms with van der Waals surface area (Å²) in [5, 5.41) is 4.88. The highest BCUT2D eigenvalue weighted by molar-refractivity contribution is 7.89. The third-order valence-electron chi connectivity index (χ3n) is 2.46. The summed E-state index contributed by atoms with van der Waals surface area (Å²) < 4.78 is 88.4. The van der Waals surface area contributed by atoms with Gasteiger partial charge in [0.25, 0.3) is 0 Å². The van der Waals surface area contributed by atoms with E-state index in [9.17, 15) is 30.4 Å². The monoisotopic (exact) mass is 334 g/mol. The second-order valence-corrected chi connectivity index (χ2v) is 5.71. The first-order valence-corrected chi connectivity index (χ1v) is 6.80. The Morgan fingerprint density at radius 1 is 1.19 bits per heavy atom. The molecule has 0 saturated heterocycles. The van der Waals surface area contributed by atoms with Crippen LogP contribution >= 0.6 is 0 Å². The van der Waals surface area contributed by atoms with Gasteiger partial charge in [0.2, 0.25) is 10.0 Å². The maximum Gasteiger partial charge on any atom is 0.456 e. The molecule has 0 fully saturated rings. The smallest absolute Gasteiger partial charge is 0.456 e. The average molecular weight is 334 g/mol. The van der Waals surface area contributed by atoms with Crippen molar-refractivity contribution in [1.29, 1.82) is 0 Å². The molecule has 5 nitrogen and oxygen atoms in total. The number of nitrogens with two attached hydrogens (primary N) is 2. The van der Waals surface area contributed by atoms with Crippen LogP contribution in [0.3, 0.4) is 0 Å². The van der Waals surface area contributed by atoms with Gasteiger partial charge in [-0.3, -0.25) is 0 Å². The normalized spacial score (nSPS) is 13.3. The van der Waals surface area contributed by atoms with Gasteiger partial charge in [0.15, 0.2) is 6.61 Å². The van der Waals surface area contributed by atoms with Gasteiger partial charge in [-0.15, -0.1) is 0 Å². The summed E-state index contributed by atoms with van der Waals surface area (Å²) in [6.45, 7) is -0.870. The second-order valence-electron chi connectivity index (χ2n) is 4.18. The lowest BCUT2D eigenvalue weighted by Gasteiger charge is -2.21. The standard InChI is InChI=1S/C10H11F5N2O3S/c1-5-7(20-4-9(11,12)10(13,14)15)2-6(16)3-8(5)21(17,18)19/h2-3H,4,16H2,1H3,(H2,17,18,19). The summed E-state index contributed by atoms with van der Waals surface area (Å²) in [5.74, 6) is -5.62. The van der Waals surface area contributed by atoms with Crippen LogP contribution in [0.15, 0.2) is 17.0 Å². The van der Waals surface area contributed by atoms with Crippen LogP contribution in [0.5, 0.6) is 5.75 Å². The number of alkyl halides is 5. The molecule has 0 unspecified atom stereocenters. The summed E-state index contributed by atoms with van der Waals surface area (Å²) in [6.07, 6.45) is -5.79. The van der Waals surface area contributed by atoms with Gasteiger partial charge in [-0.25, -0.2) is 13.6 Å². The number of halogens is 5. The lowest BCUT2D eigenvalue weighted by atomic mass is 10.2. The van der Waals surface area contributed by atoms with E-state index in [1.54, 1.807) is 0 Å². The number of hydrogen-bond donors (Lipinski definition) is 2. The van der Waals surface area contributed by atoms with Crippen LogP contribution < -0.4 is 15.6 Å². The first-order chi connectivity index (χ1) is 9.25. The minimum atomic E-state index is -5.79. The molecule has 0 aliphatic rings. The third-order valence-corrected chi connectivity index (χ3v) is 3.50. The lowest BCUT2D eigenvalue weighted by molar-refractivity contribution is -0.290. The Bertz CT molecular complexity index is 643. The SMILES string of the molecule is Cc1c(OCC(F)(F)C(F)(F)F)cc(N)cc1S(N)(=O)=O. The molecule has 0 atom stereocenters. The molecule has 0 aliphatic heterocycles. The molecule has 11 heteroatoms. The Kier molecular flexibility index (Phi) is 4.40. The van der Waals surface area contributed by atoms with E-state index in [1.807, 2.05) is 0 Å². The zero-order valence-electron chi connectivity index (χ0n) is 10.5. The molecule has 120 valence electrons. The van der Waals surface area contributed by atoms with E-state index in [0.29, 0.717) is 0 Å². The van der Waals surface area contributed by atoms with Crippen LogP contribution in [0.25, 0.3) is 0 Å². The second kappa shape index (κ2) is 5.30. The summed E-state index contributed by atoms with van der Waals surface area (Å²) in [6, 6.07) is 1.87. The molecule has 21 heavy (non-hydrogen) atoms. The molecular weight excluding hydrogens is 323 g/mol. The Labute approximate surface area is 116 Å². The first kappa shape index (κ1) is 17.4. The van der Waals surface area contributed by atoms with Crippen molar-refractivity contribution in [3.8, 4) is 5.75 Å². The third kappa shape index (κ3) is 3.94. The van der Waals surface area contributed by atoms with Crippen LogP contribution in [-0.2, 0) is 10.0 Å². The van der Waals surface area contributed by atoms with Crippen LogP contribution in [0.2, 0.25) is 0 Å². The van der Waals surface area contributed by atoms with Gasteiger partial charge in [-0.1, -0.05) is 0 Å². The van der Waals surface area contributed by atoms with Crippen molar-refractivity contribution >= 4 is 15.7 Å². The molecule has 0 spiro atoms. The van der Waals surface area contributed by atoms with Gasteiger partial charge >= 0.3 is 12.1 Å². The van der Waals surface area contributed by atoms with Crippen molar-refractivity contribution in [2.24, 2.45) is 5.14 Å². The van der Waals surface area contributed by atoms with Gasteiger partial charge in [-0.05, 0) is 13.0 Å². The predicted molar refractivity (Wildman–Crippen MR) is 63.5 cm³/mol. The van der Waals surface area contributed by atoms with Crippen molar-refractivity contribution in [1.82, 2.24) is 0 Å². The maximum absolute atomic E-state index is 12.8. The molecule has 0 bridgehead atoms. The zero-order valence-corrected chi connectivity index (χ0v) is 11.4. The molecule has 0 saturated carbocycles. The van der Waals surface area contributed by atoms with Crippen molar-refractivity contribution in [2.45, 2.75) is 23.9 Å². The Hall–Kier alpha value is -1.62. The summed E-state index contributed by atoms with van der Waals surface area (Å²) in [7, 11) is -4.23. The molecule has 0 heterocycles. The summed E-state index contributed by atoms with van der Waals surface area (Å²) in [5.41, 5.74) is 4.91. The van der Waals surface area contributed by atoms with Gasteiger partial charge in [0, 0.05) is 17.3 Å². The Morgan fingerprint density at radius 3 is 2.14 bits per heavy atom. The highest BCUT2D eigenvalue weighted by atomic mass is 32.2. The number of benzene rings is 1. The number of rotatable bonds is 4. The lowest BCUT2D eigenvalue weighted by Crippen LogP contribution is -2.41. The van der Waals surface area contributed by atoms with E-state index < -0.39 is 39.4 Å². The average Bonchev–Trinajstić information content (AvgIpc) is 2.27. The van der Waals surface area contributed by atoms with Crippen LogP contribution in [0, 0.1) is 6.92 Å². The van der Waals surface area contributed by atoms with Crippen molar-refractivity contribution in [3.63, 3.8) is 0 Å². The predicted octanol–water partition coefficient (Wildman–Crippen LogP) is 1.80. The topological polar surface area (TPSA) is 95.4 Å². The zero-order chi connectivity index (χ0) is 16.6. The minimum Gasteiger partial charge on any atom is -0.487 e. The molecule has 1 aromatic carbocycles. The van der Waals surface area contributed by atoms with E-state index in [4.69, 9.17) is 10.9 Å². The fourth-order valence-electron chi connectivity index (χ4n) is 1.38. The maximum atomic E-state index is 12.8. The number of anilines is 1. The number of sulfonamides is 1. The number of hydrogen-bond acceptors (Lipinski definition) is 4. The van der Waals surface area contributed by atoms with Crippen molar-refractivity contribution in [3.05, 3.63) is 17.7 Å². The summed E-state index contributed by atoms with van der Waals surface area (Å²) >= 11 is 0. The van der Waals surface area contributed by atoms with Crippen LogP contribution in [0.4, 0.5) is 27.6 Å². The van der Waals surface area contributed by atoms with E-state index >= 15 is 0 Å². The number of ether oxygens (including phenoxy) is 1. The van der Waals surface area contributed by atoms with Crippen LogP contribution in [-0.4, -0.2) is 27.1 Å². The first-order valence-electron chi connectivity index (χ1n) is 5.26. The highest BCUT2D eigenvalue weighted by Gasteiger charge is 2.58. The molecule has 0 radical (unpaired) electrons. The fourth-order valence-corrected chi connectivity index (χ4v) is 2.21. The molecule has 1 rings (SSSR count). The largest absolute Gasteiger partial charge is 0.487 e. The van der Waals surface area contributed by atoms with E-state index in [0.717, 1.165) is 19.1 Å². The highest BCUT2D eigenvalue weighted by Crippen LogP contribution is 2.37. The molecule has 1 aromatic rings. The minimum absolute atomic E-state index is 0.213. The molecular formula is C10H11F5N2O3S. The van der Waals surface area contributed by atoms with Crippen molar-refractivity contribution in [2.75, 3.05) is 12.3 Å². The number of nitrogen functional groups attached to an aromatic ring is 1. The number of primary sulfonamides is 1. The molecule has 0 aromatic heterocycles. The molecule has 0 aliphatic carbocycles. The van der Waals surface area contributed by atoms with Gasteiger partial charge in [0.05, 0.1) is 4.90 Å². The van der Waals surface area contributed by atoms with E-state index in [2.05, 4.69) is 4.74 Å². The quantitative estimate of drug-likeness (QED) is 0.648.